The molecule has 0 amide bonds. The van der Waals surface area contributed by atoms with Gasteiger partial charge < -0.3 is 4.74 Å². The minimum atomic E-state index is -2.00. The van der Waals surface area contributed by atoms with Crippen molar-refractivity contribution in [2.24, 2.45) is 4.36 Å². The van der Waals surface area contributed by atoms with Gasteiger partial charge >= 0.3 is 0 Å². The van der Waals surface area contributed by atoms with Crippen LogP contribution in [-0.4, -0.2) is 22.8 Å². The molecule has 0 atom stereocenters. The lowest BCUT2D eigenvalue weighted by Crippen LogP contribution is -2.22. The highest BCUT2D eigenvalue weighted by molar-refractivity contribution is 7.95. The first-order valence-corrected chi connectivity index (χ1v) is 6.93. The third-order valence-corrected chi connectivity index (χ3v) is 5.12. The van der Waals surface area contributed by atoms with E-state index in [2.05, 4.69) is 4.36 Å². The number of halogens is 1. The molecule has 2 rings (SSSR count). The van der Waals surface area contributed by atoms with E-state index in [1.54, 1.807) is 25.3 Å². The number of nitrogens with zero attached hydrogens (tertiary/aromatic N) is 1. The van der Waals surface area contributed by atoms with Crippen molar-refractivity contribution in [1.82, 2.24) is 0 Å². The van der Waals surface area contributed by atoms with Gasteiger partial charge in [-0.3, -0.25) is 0 Å². The SMILES string of the molecule is COc1cccc(N=S2(=O)CCC2)c1Cl. The molecule has 5 heteroatoms. The molecule has 0 bridgehead atoms. The predicted octanol–water partition coefficient (Wildman–Crippen LogP) is 2.85. The molecule has 1 heterocycles. The molecule has 0 aromatic heterocycles. The van der Waals surface area contributed by atoms with Gasteiger partial charge in [0, 0.05) is 11.5 Å². The van der Waals surface area contributed by atoms with Crippen LogP contribution < -0.4 is 4.74 Å². The largest absolute Gasteiger partial charge is 0.495 e. The van der Waals surface area contributed by atoms with Crippen molar-refractivity contribution in [1.29, 1.82) is 0 Å². The van der Waals surface area contributed by atoms with Gasteiger partial charge in [0.15, 0.2) is 0 Å². The topological polar surface area (TPSA) is 38.7 Å². The Morgan fingerprint density at radius 3 is 2.73 bits per heavy atom. The first-order chi connectivity index (χ1) is 7.14. The molecular weight excluding hydrogens is 234 g/mol. The Balaban J connectivity index is 2.45. The maximum atomic E-state index is 11.9. The van der Waals surface area contributed by atoms with E-state index in [0.717, 1.165) is 6.42 Å². The van der Waals surface area contributed by atoms with Crippen molar-refractivity contribution in [2.45, 2.75) is 6.42 Å². The molecule has 1 aliphatic rings. The molecule has 0 unspecified atom stereocenters. The smallest absolute Gasteiger partial charge is 0.139 e. The van der Waals surface area contributed by atoms with Crippen LogP contribution in [0.25, 0.3) is 0 Å². The Labute approximate surface area is 94.6 Å². The minimum absolute atomic E-state index is 0.439. The van der Waals surface area contributed by atoms with Gasteiger partial charge in [0.1, 0.15) is 10.8 Å². The quantitative estimate of drug-likeness (QED) is 0.804. The van der Waals surface area contributed by atoms with Gasteiger partial charge in [-0.2, -0.15) is 4.36 Å². The highest BCUT2D eigenvalue weighted by Crippen LogP contribution is 2.35. The molecular formula is C10H12ClNO2S. The van der Waals surface area contributed by atoms with E-state index in [1.807, 2.05) is 0 Å². The van der Waals surface area contributed by atoms with Crippen LogP contribution in [-0.2, 0) is 9.73 Å². The Hall–Kier alpha value is -0.740. The van der Waals surface area contributed by atoms with Gasteiger partial charge in [-0.05, 0) is 18.6 Å². The second-order valence-corrected chi connectivity index (χ2v) is 6.34. The summed E-state index contributed by atoms with van der Waals surface area (Å²) in [6.07, 6.45) is 0.990. The van der Waals surface area contributed by atoms with Gasteiger partial charge in [0.2, 0.25) is 0 Å². The summed E-state index contributed by atoms with van der Waals surface area (Å²) in [7, 11) is -0.455. The lowest BCUT2D eigenvalue weighted by Gasteiger charge is -2.18. The zero-order chi connectivity index (χ0) is 10.9. The third kappa shape index (κ3) is 2.11. The van der Waals surface area contributed by atoms with Crippen LogP contribution in [0.2, 0.25) is 5.02 Å². The number of rotatable bonds is 2. The van der Waals surface area contributed by atoms with Gasteiger partial charge in [0.25, 0.3) is 0 Å². The maximum Gasteiger partial charge on any atom is 0.139 e. The zero-order valence-corrected chi connectivity index (χ0v) is 9.98. The first kappa shape index (κ1) is 10.8. The molecule has 1 fully saturated rings. The maximum absolute atomic E-state index is 11.9. The number of hydrogen-bond acceptors (Lipinski definition) is 3. The number of methoxy groups -OCH3 is 1. The average Bonchev–Trinajstić information content (AvgIpc) is 2.19. The fraction of sp³-hybridized carbons (Fsp3) is 0.400. The molecule has 0 N–H and O–H groups in total. The standard InChI is InChI=1S/C10H12ClNO2S/c1-14-9-5-2-4-8(10(9)11)12-15(13)6-3-7-15/h2,4-5H,3,6-7H2,1H3. The van der Waals surface area contributed by atoms with Crippen molar-refractivity contribution >= 4 is 27.0 Å². The second kappa shape index (κ2) is 4.02. The van der Waals surface area contributed by atoms with Gasteiger partial charge in [-0.25, -0.2) is 4.21 Å². The Morgan fingerprint density at radius 2 is 2.20 bits per heavy atom. The monoisotopic (exact) mass is 245 g/mol. The van der Waals surface area contributed by atoms with E-state index in [1.165, 1.54) is 0 Å². The van der Waals surface area contributed by atoms with Crippen LogP contribution in [0, 0.1) is 0 Å². The van der Waals surface area contributed by atoms with E-state index in [-0.39, 0.29) is 0 Å². The van der Waals surface area contributed by atoms with Crippen LogP contribution in [0.3, 0.4) is 0 Å². The van der Waals surface area contributed by atoms with Crippen LogP contribution in [0.15, 0.2) is 22.6 Å². The minimum Gasteiger partial charge on any atom is -0.495 e. The summed E-state index contributed by atoms with van der Waals surface area (Å²) in [6, 6.07) is 5.32. The van der Waals surface area contributed by atoms with Crippen molar-refractivity contribution in [2.75, 3.05) is 18.6 Å². The van der Waals surface area contributed by atoms with E-state index >= 15 is 0 Å². The van der Waals surface area contributed by atoms with Crippen LogP contribution in [0.5, 0.6) is 5.75 Å². The average molecular weight is 246 g/mol. The highest BCUT2D eigenvalue weighted by atomic mass is 35.5. The molecule has 0 radical (unpaired) electrons. The predicted molar refractivity (Wildman–Crippen MR) is 62.6 cm³/mol. The van der Waals surface area contributed by atoms with Crippen LogP contribution >= 0.6 is 11.6 Å². The van der Waals surface area contributed by atoms with Gasteiger partial charge in [-0.15, -0.1) is 0 Å². The molecule has 1 saturated heterocycles. The van der Waals surface area contributed by atoms with E-state index < -0.39 is 9.73 Å². The first-order valence-electron chi connectivity index (χ1n) is 4.70. The van der Waals surface area contributed by atoms with E-state index in [4.69, 9.17) is 16.3 Å². The molecule has 0 aliphatic carbocycles. The fourth-order valence-corrected chi connectivity index (χ4v) is 3.16. The summed E-state index contributed by atoms with van der Waals surface area (Å²) >= 11 is 6.05. The fourth-order valence-electron chi connectivity index (χ4n) is 1.39. The summed E-state index contributed by atoms with van der Waals surface area (Å²) in [5, 5.41) is 0.439. The highest BCUT2D eigenvalue weighted by Gasteiger charge is 2.20. The lowest BCUT2D eigenvalue weighted by atomic mass is 10.3. The molecule has 15 heavy (non-hydrogen) atoms. The van der Waals surface area contributed by atoms with E-state index in [9.17, 15) is 4.21 Å². The van der Waals surface area contributed by atoms with Crippen molar-refractivity contribution in [3.8, 4) is 5.75 Å². The normalized spacial score (nSPS) is 18.0. The third-order valence-electron chi connectivity index (χ3n) is 2.35. The van der Waals surface area contributed by atoms with Gasteiger partial charge in [0.05, 0.1) is 22.5 Å². The van der Waals surface area contributed by atoms with Crippen molar-refractivity contribution in [3.05, 3.63) is 23.2 Å². The van der Waals surface area contributed by atoms with Crippen molar-refractivity contribution < 1.29 is 8.95 Å². The molecule has 0 saturated carbocycles. The Morgan fingerprint density at radius 1 is 1.47 bits per heavy atom. The molecule has 0 spiro atoms. The molecule has 3 nitrogen and oxygen atoms in total. The van der Waals surface area contributed by atoms with Gasteiger partial charge in [-0.1, -0.05) is 17.7 Å². The molecule has 82 valence electrons. The number of hydrogen-bond donors (Lipinski definition) is 0. The Bertz CT molecular complexity index is 482. The summed E-state index contributed by atoms with van der Waals surface area (Å²) < 4.78 is 21.2. The Kier molecular flexibility index (Phi) is 2.89. The zero-order valence-electron chi connectivity index (χ0n) is 8.40. The summed E-state index contributed by atoms with van der Waals surface area (Å²) in [6.45, 7) is 0. The van der Waals surface area contributed by atoms with Crippen LogP contribution in [0.4, 0.5) is 5.69 Å². The number of ether oxygens (including phenoxy) is 1. The second-order valence-electron chi connectivity index (χ2n) is 3.42. The molecule has 1 aromatic carbocycles. The lowest BCUT2D eigenvalue weighted by molar-refractivity contribution is 0.415. The summed E-state index contributed by atoms with van der Waals surface area (Å²) in [5.41, 5.74) is 0.570. The summed E-state index contributed by atoms with van der Waals surface area (Å²) in [5.74, 6) is 1.93. The molecule has 1 aromatic rings. The van der Waals surface area contributed by atoms with Crippen LogP contribution in [0.1, 0.15) is 6.42 Å². The molecule has 1 aliphatic heterocycles. The van der Waals surface area contributed by atoms with E-state index in [0.29, 0.717) is 28.0 Å². The van der Waals surface area contributed by atoms with Crippen molar-refractivity contribution in [3.63, 3.8) is 0 Å². The summed E-state index contributed by atoms with van der Waals surface area (Å²) in [4.78, 5) is 0. The number of benzene rings is 1.